The van der Waals surface area contributed by atoms with Crippen LogP contribution in [-0.4, -0.2) is 23.9 Å². The van der Waals surface area contributed by atoms with Crippen molar-refractivity contribution in [3.05, 3.63) is 0 Å². The van der Waals surface area contributed by atoms with Gasteiger partial charge in [-0.3, -0.25) is 0 Å². The molecule has 0 aromatic heterocycles. The summed E-state index contributed by atoms with van der Waals surface area (Å²) in [7, 11) is 0. The van der Waals surface area contributed by atoms with Crippen LogP contribution in [0.2, 0.25) is 0 Å². The number of hydrogen-bond acceptors (Lipinski definition) is 2. The molecule has 0 bridgehead atoms. The summed E-state index contributed by atoms with van der Waals surface area (Å²) in [6.07, 6.45) is 7.46. The zero-order valence-corrected chi connectivity index (χ0v) is 9.11. The van der Waals surface area contributed by atoms with Crippen LogP contribution < -0.4 is 0 Å². The summed E-state index contributed by atoms with van der Waals surface area (Å²) >= 11 is 0. The monoisotopic (exact) mass is 198 g/mol. The highest BCUT2D eigenvalue weighted by Crippen LogP contribution is 2.37. The van der Waals surface area contributed by atoms with Crippen LogP contribution in [0.25, 0.3) is 0 Å². The van der Waals surface area contributed by atoms with Crippen molar-refractivity contribution >= 4 is 0 Å². The molecule has 2 nitrogen and oxygen atoms in total. The Morgan fingerprint density at radius 1 is 1.00 bits per heavy atom. The standard InChI is InChI=1S/C12H22O2/c1-9-10(6-4-8-14-9)11-5-2-3-7-12(11)13/h9-13H,2-8H2,1H3. The molecule has 1 N–H and O–H groups in total. The average Bonchev–Trinajstić information content (AvgIpc) is 2.20. The van der Waals surface area contributed by atoms with E-state index in [-0.39, 0.29) is 6.10 Å². The van der Waals surface area contributed by atoms with Crippen molar-refractivity contribution < 1.29 is 9.84 Å². The minimum absolute atomic E-state index is 0.0575. The molecule has 2 rings (SSSR count). The Labute approximate surface area is 86.6 Å². The van der Waals surface area contributed by atoms with E-state index in [9.17, 15) is 5.11 Å². The van der Waals surface area contributed by atoms with Crippen LogP contribution in [0, 0.1) is 11.8 Å². The first kappa shape index (κ1) is 10.4. The van der Waals surface area contributed by atoms with Crippen LogP contribution in [0.4, 0.5) is 0 Å². The van der Waals surface area contributed by atoms with Crippen molar-refractivity contribution in [3.63, 3.8) is 0 Å². The van der Waals surface area contributed by atoms with E-state index < -0.39 is 0 Å². The van der Waals surface area contributed by atoms with Crippen LogP contribution in [0.15, 0.2) is 0 Å². The smallest absolute Gasteiger partial charge is 0.0578 e. The van der Waals surface area contributed by atoms with Gasteiger partial charge in [0.2, 0.25) is 0 Å². The maximum absolute atomic E-state index is 9.98. The fourth-order valence-electron chi connectivity index (χ4n) is 3.15. The first-order valence-electron chi connectivity index (χ1n) is 6.08. The molecule has 1 heterocycles. The molecular formula is C12H22O2. The van der Waals surface area contributed by atoms with E-state index in [1.165, 1.54) is 32.1 Å². The molecule has 4 atom stereocenters. The van der Waals surface area contributed by atoms with Crippen LogP contribution >= 0.6 is 0 Å². The lowest BCUT2D eigenvalue weighted by atomic mass is 9.73. The van der Waals surface area contributed by atoms with Gasteiger partial charge in [0.05, 0.1) is 12.2 Å². The van der Waals surface area contributed by atoms with E-state index in [1.807, 2.05) is 0 Å². The fourth-order valence-corrected chi connectivity index (χ4v) is 3.15. The van der Waals surface area contributed by atoms with Gasteiger partial charge < -0.3 is 9.84 Å². The first-order chi connectivity index (χ1) is 6.79. The highest BCUT2D eigenvalue weighted by Gasteiger charge is 2.35. The molecule has 0 spiro atoms. The molecule has 2 aliphatic rings. The summed E-state index contributed by atoms with van der Waals surface area (Å²) < 4.78 is 5.68. The molecule has 0 radical (unpaired) electrons. The van der Waals surface area contributed by atoms with Gasteiger partial charge in [-0.15, -0.1) is 0 Å². The lowest BCUT2D eigenvalue weighted by Crippen LogP contribution is -2.39. The van der Waals surface area contributed by atoms with Crippen LogP contribution in [-0.2, 0) is 4.74 Å². The molecule has 4 unspecified atom stereocenters. The van der Waals surface area contributed by atoms with E-state index in [2.05, 4.69) is 6.92 Å². The number of rotatable bonds is 1. The van der Waals surface area contributed by atoms with E-state index in [1.54, 1.807) is 0 Å². The van der Waals surface area contributed by atoms with Gasteiger partial charge in [0.25, 0.3) is 0 Å². The van der Waals surface area contributed by atoms with Gasteiger partial charge in [-0.2, -0.15) is 0 Å². The third-order valence-electron chi connectivity index (χ3n) is 4.00. The molecule has 82 valence electrons. The SMILES string of the molecule is CC1OCCCC1C1CCCCC1O. The quantitative estimate of drug-likeness (QED) is 0.701. The second-order valence-electron chi connectivity index (χ2n) is 4.90. The average molecular weight is 198 g/mol. The second-order valence-corrected chi connectivity index (χ2v) is 4.90. The topological polar surface area (TPSA) is 29.5 Å². The van der Waals surface area contributed by atoms with Crippen molar-refractivity contribution in [3.8, 4) is 0 Å². The number of ether oxygens (including phenoxy) is 1. The van der Waals surface area contributed by atoms with Gasteiger partial charge in [-0.1, -0.05) is 12.8 Å². The van der Waals surface area contributed by atoms with Crippen LogP contribution in [0.5, 0.6) is 0 Å². The lowest BCUT2D eigenvalue weighted by molar-refractivity contribution is -0.0717. The molecule has 14 heavy (non-hydrogen) atoms. The molecule has 1 saturated carbocycles. The maximum atomic E-state index is 9.98. The molecule has 0 amide bonds. The van der Waals surface area contributed by atoms with E-state index in [0.29, 0.717) is 17.9 Å². The van der Waals surface area contributed by atoms with Gasteiger partial charge >= 0.3 is 0 Å². The Hall–Kier alpha value is -0.0800. The van der Waals surface area contributed by atoms with Crippen molar-refractivity contribution in [1.29, 1.82) is 0 Å². The summed E-state index contributed by atoms with van der Waals surface area (Å²) in [5.74, 6) is 1.12. The highest BCUT2D eigenvalue weighted by molar-refractivity contribution is 4.85. The Morgan fingerprint density at radius 3 is 2.43 bits per heavy atom. The molecule has 1 aliphatic carbocycles. The zero-order valence-electron chi connectivity index (χ0n) is 9.11. The normalized spacial score (nSPS) is 45.0. The van der Waals surface area contributed by atoms with Gasteiger partial charge in [0.1, 0.15) is 0 Å². The first-order valence-corrected chi connectivity index (χ1v) is 6.08. The van der Waals surface area contributed by atoms with E-state index in [4.69, 9.17) is 4.74 Å². The van der Waals surface area contributed by atoms with Crippen LogP contribution in [0.1, 0.15) is 45.4 Å². The molecule has 0 aromatic rings. The van der Waals surface area contributed by atoms with Gasteiger partial charge in [0, 0.05) is 6.61 Å². The minimum atomic E-state index is -0.0575. The molecule has 1 saturated heterocycles. The molecule has 2 fully saturated rings. The number of hydrogen-bond donors (Lipinski definition) is 1. The summed E-state index contributed by atoms with van der Waals surface area (Å²) in [6, 6.07) is 0. The zero-order chi connectivity index (χ0) is 9.97. The Balaban J connectivity index is 1.96. The Bertz CT molecular complexity index is 161. The molecular weight excluding hydrogens is 176 g/mol. The van der Waals surface area contributed by atoms with Crippen molar-refractivity contribution in [1.82, 2.24) is 0 Å². The third kappa shape index (κ3) is 2.12. The second kappa shape index (κ2) is 4.63. The fraction of sp³-hybridized carbons (Fsp3) is 1.00. The van der Waals surface area contributed by atoms with Gasteiger partial charge in [-0.25, -0.2) is 0 Å². The highest BCUT2D eigenvalue weighted by atomic mass is 16.5. The van der Waals surface area contributed by atoms with Crippen molar-refractivity contribution in [2.45, 2.75) is 57.7 Å². The number of aliphatic hydroxyl groups excluding tert-OH is 1. The number of aliphatic hydroxyl groups is 1. The molecule has 0 aromatic carbocycles. The Morgan fingerprint density at radius 2 is 1.71 bits per heavy atom. The summed E-state index contributed by atoms with van der Waals surface area (Å²) in [4.78, 5) is 0. The minimum Gasteiger partial charge on any atom is -0.393 e. The van der Waals surface area contributed by atoms with Gasteiger partial charge in [-0.05, 0) is 44.4 Å². The lowest BCUT2D eigenvalue weighted by Gasteiger charge is -2.39. The third-order valence-corrected chi connectivity index (χ3v) is 4.00. The van der Waals surface area contributed by atoms with Crippen molar-refractivity contribution in [2.24, 2.45) is 11.8 Å². The summed E-state index contributed by atoms with van der Waals surface area (Å²) in [5, 5.41) is 9.98. The Kier molecular flexibility index (Phi) is 3.45. The van der Waals surface area contributed by atoms with Gasteiger partial charge in [0.15, 0.2) is 0 Å². The predicted octanol–water partition coefficient (Wildman–Crippen LogP) is 2.35. The van der Waals surface area contributed by atoms with E-state index >= 15 is 0 Å². The van der Waals surface area contributed by atoms with Crippen LogP contribution in [0.3, 0.4) is 0 Å². The van der Waals surface area contributed by atoms with Crippen molar-refractivity contribution in [2.75, 3.05) is 6.61 Å². The molecule has 2 heteroatoms. The predicted molar refractivity (Wildman–Crippen MR) is 56.1 cm³/mol. The van der Waals surface area contributed by atoms with E-state index in [0.717, 1.165) is 13.0 Å². The molecule has 1 aliphatic heterocycles. The summed E-state index contributed by atoms with van der Waals surface area (Å²) in [6.45, 7) is 3.09. The largest absolute Gasteiger partial charge is 0.393 e. The summed E-state index contributed by atoms with van der Waals surface area (Å²) in [5.41, 5.74) is 0. The maximum Gasteiger partial charge on any atom is 0.0578 e.